The van der Waals surface area contributed by atoms with Gasteiger partial charge in [0.25, 0.3) is 0 Å². The van der Waals surface area contributed by atoms with Crippen LogP contribution in [0.5, 0.6) is 0 Å². The molecule has 1 aliphatic rings. The molecule has 3 aromatic rings. The van der Waals surface area contributed by atoms with Crippen molar-refractivity contribution in [3.63, 3.8) is 0 Å². The number of pyridine rings is 1. The van der Waals surface area contributed by atoms with E-state index in [1.165, 1.54) is 6.07 Å². The number of rotatable bonds is 1. The molecule has 0 radical (unpaired) electrons. The number of aromatic nitrogens is 3. The van der Waals surface area contributed by atoms with Gasteiger partial charge in [0.2, 0.25) is 0 Å². The number of aromatic amines is 1. The lowest BCUT2D eigenvalue weighted by molar-refractivity contribution is 0.0300. The number of nitrogens with one attached hydrogen (secondary N) is 1. The summed E-state index contributed by atoms with van der Waals surface area (Å²) < 4.78 is 21.4. The molecule has 7 heteroatoms. The van der Waals surface area contributed by atoms with E-state index in [2.05, 4.69) is 32.8 Å². The molecule has 0 unspecified atom stereocenters. The van der Waals surface area contributed by atoms with E-state index in [4.69, 9.17) is 4.74 Å². The maximum Gasteiger partial charge on any atom is 0.327 e. The van der Waals surface area contributed by atoms with Crippen molar-refractivity contribution in [2.24, 2.45) is 0 Å². The minimum Gasteiger partial charge on any atom is -0.381 e. The van der Waals surface area contributed by atoms with Gasteiger partial charge in [-0.1, -0.05) is 0 Å². The second kappa shape index (κ2) is 5.14. The normalized spacial score (nSPS) is 17.9. The van der Waals surface area contributed by atoms with Crippen molar-refractivity contribution in [2.45, 2.75) is 25.3 Å². The summed E-state index contributed by atoms with van der Waals surface area (Å²) in [5, 5.41) is 0.752. The van der Waals surface area contributed by atoms with Crippen molar-refractivity contribution in [1.29, 1.82) is 0 Å². The summed E-state index contributed by atoms with van der Waals surface area (Å²) >= 11 is 3.22. The van der Waals surface area contributed by atoms with Crippen molar-refractivity contribution in [3.8, 4) is 0 Å². The van der Waals surface area contributed by atoms with Crippen LogP contribution in [0.1, 0.15) is 19.8 Å². The zero-order valence-corrected chi connectivity index (χ0v) is 14.1. The molecular weight excluding hydrogens is 365 g/mol. The minimum atomic E-state index is -0.369. The monoisotopic (exact) mass is 379 g/mol. The number of ether oxygens (including phenoxy) is 1. The van der Waals surface area contributed by atoms with Gasteiger partial charge in [0.15, 0.2) is 0 Å². The van der Waals surface area contributed by atoms with Crippen molar-refractivity contribution in [1.82, 2.24) is 14.5 Å². The van der Waals surface area contributed by atoms with Crippen molar-refractivity contribution in [2.75, 3.05) is 13.2 Å². The quantitative estimate of drug-likeness (QED) is 0.705. The molecule has 0 saturated carbocycles. The van der Waals surface area contributed by atoms with Gasteiger partial charge in [0.05, 0.1) is 32.8 Å². The SMILES string of the molecule is CC1(n2c(=O)[nH]c3cnc4cc(F)c(Br)cc4c32)CCOCC1. The second-order valence-corrected chi connectivity index (χ2v) is 7.03. The molecule has 1 N–H and O–H groups in total. The Morgan fingerprint density at radius 2 is 2.13 bits per heavy atom. The Bertz CT molecular complexity index is 973. The predicted octanol–water partition coefficient (Wildman–Crippen LogP) is 3.31. The fourth-order valence-electron chi connectivity index (χ4n) is 3.33. The molecule has 0 spiro atoms. The van der Waals surface area contributed by atoms with Crippen LogP contribution in [0.4, 0.5) is 4.39 Å². The molecule has 1 saturated heterocycles. The highest BCUT2D eigenvalue weighted by Gasteiger charge is 2.33. The molecule has 1 fully saturated rings. The van der Waals surface area contributed by atoms with E-state index in [0.29, 0.717) is 28.7 Å². The molecule has 0 amide bonds. The van der Waals surface area contributed by atoms with Crippen LogP contribution in [0.25, 0.3) is 21.9 Å². The number of hydrogen-bond donors (Lipinski definition) is 1. The lowest BCUT2D eigenvalue weighted by Gasteiger charge is -2.34. The zero-order valence-electron chi connectivity index (χ0n) is 12.5. The van der Waals surface area contributed by atoms with E-state index in [0.717, 1.165) is 23.7 Å². The molecule has 1 aliphatic heterocycles. The van der Waals surface area contributed by atoms with Crippen molar-refractivity contribution < 1.29 is 9.13 Å². The van der Waals surface area contributed by atoms with E-state index < -0.39 is 0 Å². The summed E-state index contributed by atoms with van der Waals surface area (Å²) in [5.74, 6) is -0.369. The summed E-state index contributed by atoms with van der Waals surface area (Å²) in [6, 6.07) is 3.07. The highest BCUT2D eigenvalue weighted by atomic mass is 79.9. The van der Waals surface area contributed by atoms with E-state index in [9.17, 15) is 9.18 Å². The first-order valence-corrected chi connectivity index (χ1v) is 8.26. The van der Waals surface area contributed by atoms with Crippen LogP contribution >= 0.6 is 15.9 Å². The number of imidazole rings is 1. The topological polar surface area (TPSA) is 59.9 Å². The van der Waals surface area contributed by atoms with Gasteiger partial charge in [-0.3, -0.25) is 9.55 Å². The van der Waals surface area contributed by atoms with Gasteiger partial charge < -0.3 is 9.72 Å². The van der Waals surface area contributed by atoms with Crippen molar-refractivity contribution >= 4 is 37.9 Å². The molecule has 0 atom stereocenters. The Morgan fingerprint density at radius 1 is 1.39 bits per heavy atom. The van der Waals surface area contributed by atoms with Crippen LogP contribution in [-0.4, -0.2) is 27.7 Å². The maximum absolute atomic E-state index is 13.8. The Labute approximate surface area is 139 Å². The average Bonchev–Trinajstić information content (AvgIpc) is 2.86. The van der Waals surface area contributed by atoms with Crippen LogP contribution in [0.2, 0.25) is 0 Å². The van der Waals surface area contributed by atoms with E-state index in [-0.39, 0.29) is 17.0 Å². The first-order chi connectivity index (χ1) is 11.0. The number of nitrogens with zero attached hydrogens (tertiary/aromatic N) is 2. The summed E-state index contributed by atoms with van der Waals surface area (Å²) in [7, 11) is 0. The lowest BCUT2D eigenvalue weighted by atomic mass is 9.92. The first kappa shape index (κ1) is 14.8. The summed E-state index contributed by atoms with van der Waals surface area (Å²) in [6.45, 7) is 3.31. The molecule has 5 nitrogen and oxygen atoms in total. The Hall–Kier alpha value is -1.73. The van der Waals surface area contributed by atoms with Crippen LogP contribution in [-0.2, 0) is 10.3 Å². The van der Waals surface area contributed by atoms with Gasteiger partial charge in [-0.05, 0) is 41.8 Å². The first-order valence-electron chi connectivity index (χ1n) is 7.46. The second-order valence-electron chi connectivity index (χ2n) is 6.18. The predicted molar refractivity (Wildman–Crippen MR) is 89.2 cm³/mol. The van der Waals surface area contributed by atoms with Gasteiger partial charge in [0.1, 0.15) is 5.82 Å². The zero-order chi connectivity index (χ0) is 16.2. The van der Waals surface area contributed by atoms with Gasteiger partial charge in [-0.15, -0.1) is 0 Å². The number of fused-ring (bicyclic) bond motifs is 3. The molecule has 4 rings (SSSR count). The van der Waals surface area contributed by atoms with Crippen molar-refractivity contribution in [3.05, 3.63) is 39.1 Å². The molecule has 1 aromatic carbocycles. The van der Waals surface area contributed by atoms with Crippen LogP contribution in [0.15, 0.2) is 27.6 Å². The number of halogens is 2. The van der Waals surface area contributed by atoms with Gasteiger partial charge in [0, 0.05) is 24.7 Å². The number of hydrogen-bond acceptors (Lipinski definition) is 3. The van der Waals surface area contributed by atoms with Gasteiger partial charge in [-0.25, -0.2) is 9.18 Å². The standard InChI is InChI=1S/C16H15BrFN3O2/c1-16(2-4-23-5-3-16)21-14-9-6-10(17)11(18)7-12(9)19-8-13(14)20-15(21)22/h6-8H,2-5H2,1H3,(H,20,22). The van der Waals surface area contributed by atoms with Crippen LogP contribution < -0.4 is 5.69 Å². The van der Waals surface area contributed by atoms with Crippen LogP contribution in [0, 0.1) is 5.82 Å². The third kappa shape index (κ3) is 2.21. The van der Waals surface area contributed by atoms with Gasteiger partial charge >= 0.3 is 5.69 Å². The largest absolute Gasteiger partial charge is 0.381 e. The van der Waals surface area contributed by atoms with E-state index in [1.807, 2.05) is 0 Å². The number of benzene rings is 1. The molecule has 2 aromatic heterocycles. The number of H-pyrrole nitrogens is 1. The van der Waals surface area contributed by atoms with Crippen LogP contribution in [0.3, 0.4) is 0 Å². The fraction of sp³-hybridized carbons (Fsp3) is 0.375. The summed E-state index contributed by atoms with van der Waals surface area (Å²) in [6.07, 6.45) is 3.10. The molecule has 120 valence electrons. The summed E-state index contributed by atoms with van der Waals surface area (Å²) in [4.78, 5) is 19.7. The fourth-order valence-corrected chi connectivity index (χ4v) is 3.67. The lowest BCUT2D eigenvalue weighted by Crippen LogP contribution is -2.42. The third-order valence-electron chi connectivity index (χ3n) is 4.66. The highest BCUT2D eigenvalue weighted by molar-refractivity contribution is 9.10. The van der Waals surface area contributed by atoms with E-state index in [1.54, 1.807) is 16.8 Å². The third-order valence-corrected chi connectivity index (χ3v) is 5.27. The Kier molecular flexibility index (Phi) is 3.32. The summed E-state index contributed by atoms with van der Waals surface area (Å²) in [5.41, 5.74) is 1.46. The molecular formula is C16H15BrFN3O2. The molecule has 0 bridgehead atoms. The highest BCUT2D eigenvalue weighted by Crippen LogP contribution is 2.34. The molecule has 3 heterocycles. The maximum atomic E-state index is 13.8. The Balaban J connectivity index is 2.11. The van der Waals surface area contributed by atoms with Gasteiger partial charge in [-0.2, -0.15) is 0 Å². The molecule has 0 aliphatic carbocycles. The smallest absolute Gasteiger partial charge is 0.327 e. The average molecular weight is 380 g/mol. The molecule has 23 heavy (non-hydrogen) atoms. The minimum absolute atomic E-state index is 0.167. The Morgan fingerprint density at radius 3 is 2.87 bits per heavy atom. The van der Waals surface area contributed by atoms with E-state index >= 15 is 0 Å².